The molecule has 2 aromatic heterocycles. The van der Waals surface area contributed by atoms with Crippen molar-refractivity contribution in [1.82, 2.24) is 0 Å². The number of nitro benzene ring substituents is 2. The smallest absolute Gasteiger partial charge is 0.301 e. The summed E-state index contributed by atoms with van der Waals surface area (Å²) in [7, 11) is 0. The molecule has 0 fully saturated rings. The van der Waals surface area contributed by atoms with Gasteiger partial charge in [0.25, 0.3) is 5.69 Å². The summed E-state index contributed by atoms with van der Waals surface area (Å²) in [6.45, 7) is 0. The minimum absolute atomic E-state index is 0.0270. The number of anilines is 1. The number of nitro groups is 2. The van der Waals surface area contributed by atoms with Crippen molar-refractivity contribution in [1.29, 1.82) is 0 Å². The zero-order valence-corrected chi connectivity index (χ0v) is 14.5. The summed E-state index contributed by atoms with van der Waals surface area (Å²) in [5, 5.41) is 28.1. The molecule has 136 valence electrons. The molecule has 0 bridgehead atoms. The molecule has 0 amide bonds. The number of hydrogen-bond acceptors (Lipinski definition) is 8. The molecule has 27 heavy (non-hydrogen) atoms. The number of non-ortho nitro benzene ring substituents is 1. The molecule has 0 atom stereocenters. The van der Waals surface area contributed by atoms with Gasteiger partial charge in [0.2, 0.25) is 0 Å². The van der Waals surface area contributed by atoms with E-state index in [1.54, 1.807) is 29.5 Å². The number of benzene rings is 1. The van der Waals surface area contributed by atoms with Crippen LogP contribution in [0.5, 0.6) is 0 Å². The zero-order valence-electron chi connectivity index (χ0n) is 13.6. The van der Waals surface area contributed by atoms with Crippen LogP contribution in [0.4, 0.5) is 17.1 Å². The van der Waals surface area contributed by atoms with E-state index >= 15 is 0 Å². The van der Waals surface area contributed by atoms with E-state index in [0.717, 1.165) is 10.9 Å². The molecule has 0 saturated carbocycles. The number of nitrogens with zero attached hydrogens (tertiary/aromatic N) is 3. The summed E-state index contributed by atoms with van der Waals surface area (Å²) in [4.78, 5) is 21.6. The van der Waals surface area contributed by atoms with Gasteiger partial charge < -0.3 is 4.42 Å². The molecule has 9 nitrogen and oxygen atoms in total. The van der Waals surface area contributed by atoms with Crippen LogP contribution in [0.25, 0.3) is 6.08 Å². The van der Waals surface area contributed by atoms with Crippen LogP contribution in [0, 0.1) is 20.2 Å². The lowest BCUT2D eigenvalue weighted by Gasteiger charge is -2.04. The van der Waals surface area contributed by atoms with Crippen molar-refractivity contribution in [2.24, 2.45) is 5.10 Å². The number of allylic oxidation sites excluding steroid dienone is 1. The lowest BCUT2D eigenvalue weighted by Crippen LogP contribution is -2.02. The molecule has 0 aliphatic carbocycles. The molecule has 3 aromatic rings. The van der Waals surface area contributed by atoms with Crippen LogP contribution in [0.15, 0.2) is 69.7 Å². The third-order valence-corrected chi connectivity index (χ3v) is 4.25. The van der Waals surface area contributed by atoms with Gasteiger partial charge in [0.05, 0.1) is 22.2 Å². The van der Waals surface area contributed by atoms with Crippen LogP contribution in [0.1, 0.15) is 10.6 Å². The Morgan fingerprint density at radius 1 is 1.15 bits per heavy atom. The number of furan rings is 1. The van der Waals surface area contributed by atoms with Gasteiger partial charge >= 0.3 is 5.69 Å². The molecule has 1 N–H and O–H groups in total. The van der Waals surface area contributed by atoms with Gasteiger partial charge in [-0.3, -0.25) is 25.7 Å². The first-order chi connectivity index (χ1) is 13.0. The largest absolute Gasteiger partial charge is 0.463 e. The summed E-state index contributed by atoms with van der Waals surface area (Å²) in [6.07, 6.45) is 5.02. The minimum atomic E-state index is -0.709. The number of hydrazone groups is 1. The van der Waals surface area contributed by atoms with Gasteiger partial charge in [0.15, 0.2) is 5.76 Å². The number of hydrogen-bond donors (Lipinski definition) is 1. The summed E-state index contributed by atoms with van der Waals surface area (Å²) >= 11 is 1.54. The standard InChI is InChI=1S/C17H12N4O5S/c22-20(23)12-5-7-14(16(11-12)21(24)25)18-19-15(17-4-1-9-26-17)8-6-13-3-2-10-27-13/h1-11,18H/b8-6+,19-15-. The molecule has 0 radical (unpaired) electrons. The number of nitrogens with one attached hydrogen (secondary N) is 1. The summed E-state index contributed by atoms with van der Waals surface area (Å²) in [5.74, 6) is 0.458. The maximum absolute atomic E-state index is 11.2. The highest BCUT2D eigenvalue weighted by atomic mass is 32.1. The van der Waals surface area contributed by atoms with E-state index in [2.05, 4.69) is 10.5 Å². The summed E-state index contributed by atoms with van der Waals surface area (Å²) < 4.78 is 5.34. The third kappa shape index (κ3) is 4.44. The molecular formula is C17H12N4O5S. The number of rotatable bonds is 7. The van der Waals surface area contributed by atoms with Crippen LogP contribution in [0.2, 0.25) is 0 Å². The Bertz CT molecular complexity index is 1010. The highest BCUT2D eigenvalue weighted by Gasteiger charge is 2.19. The molecule has 0 spiro atoms. The second-order valence-electron chi connectivity index (χ2n) is 5.15. The van der Waals surface area contributed by atoms with Crippen molar-refractivity contribution in [2.75, 3.05) is 5.43 Å². The second-order valence-corrected chi connectivity index (χ2v) is 6.13. The van der Waals surface area contributed by atoms with E-state index in [-0.39, 0.29) is 11.4 Å². The van der Waals surface area contributed by atoms with Crippen molar-refractivity contribution >= 4 is 40.2 Å². The predicted octanol–water partition coefficient (Wildman–Crippen LogP) is 4.69. The van der Waals surface area contributed by atoms with Gasteiger partial charge in [-0.2, -0.15) is 5.10 Å². The van der Waals surface area contributed by atoms with Gasteiger partial charge in [0, 0.05) is 10.9 Å². The first kappa shape index (κ1) is 18.0. The summed E-state index contributed by atoms with van der Waals surface area (Å²) in [5.41, 5.74) is 2.20. The molecular weight excluding hydrogens is 372 g/mol. The minimum Gasteiger partial charge on any atom is -0.463 e. The maximum Gasteiger partial charge on any atom is 0.301 e. The average Bonchev–Trinajstić information content (AvgIpc) is 3.35. The number of thiophene rings is 1. The van der Waals surface area contributed by atoms with Crippen molar-refractivity contribution in [3.8, 4) is 0 Å². The van der Waals surface area contributed by atoms with E-state index in [4.69, 9.17) is 4.42 Å². The highest BCUT2D eigenvalue weighted by molar-refractivity contribution is 7.10. The second kappa shape index (κ2) is 8.06. The van der Waals surface area contributed by atoms with Crippen LogP contribution in [-0.4, -0.2) is 15.6 Å². The van der Waals surface area contributed by atoms with Crippen molar-refractivity contribution in [3.63, 3.8) is 0 Å². The normalized spacial score (nSPS) is 11.6. The third-order valence-electron chi connectivity index (χ3n) is 3.41. The van der Waals surface area contributed by atoms with Crippen molar-refractivity contribution in [3.05, 3.63) is 91.0 Å². The van der Waals surface area contributed by atoms with Gasteiger partial charge in [-0.25, -0.2) is 0 Å². The van der Waals surface area contributed by atoms with Gasteiger partial charge in [-0.15, -0.1) is 11.3 Å². The van der Waals surface area contributed by atoms with E-state index in [1.807, 2.05) is 23.6 Å². The van der Waals surface area contributed by atoms with Gasteiger partial charge in [-0.05, 0) is 41.8 Å². The topological polar surface area (TPSA) is 124 Å². The van der Waals surface area contributed by atoms with Crippen LogP contribution >= 0.6 is 11.3 Å². The van der Waals surface area contributed by atoms with Crippen molar-refractivity contribution < 1.29 is 14.3 Å². The van der Waals surface area contributed by atoms with Crippen molar-refractivity contribution in [2.45, 2.75) is 0 Å². The fourth-order valence-electron chi connectivity index (χ4n) is 2.15. The van der Waals surface area contributed by atoms with Crippen LogP contribution in [-0.2, 0) is 0 Å². The van der Waals surface area contributed by atoms with E-state index < -0.39 is 15.5 Å². The van der Waals surface area contributed by atoms with Crippen LogP contribution in [0.3, 0.4) is 0 Å². The molecule has 0 aliphatic rings. The van der Waals surface area contributed by atoms with E-state index in [1.165, 1.54) is 18.4 Å². The molecule has 0 aliphatic heterocycles. The Morgan fingerprint density at radius 3 is 2.63 bits per heavy atom. The van der Waals surface area contributed by atoms with Crippen LogP contribution < -0.4 is 5.43 Å². The Labute approximate surface area is 156 Å². The fraction of sp³-hybridized carbons (Fsp3) is 0. The van der Waals surface area contributed by atoms with E-state index in [9.17, 15) is 20.2 Å². The zero-order chi connectivity index (χ0) is 19.2. The first-order valence-electron chi connectivity index (χ1n) is 7.56. The Morgan fingerprint density at radius 2 is 2.00 bits per heavy atom. The Hall–Kier alpha value is -3.79. The predicted molar refractivity (Wildman–Crippen MR) is 102 cm³/mol. The van der Waals surface area contributed by atoms with E-state index in [0.29, 0.717) is 11.5 Å². The quantitative estimate of drug-likeness (QED) is 0.358. The fourth-order valence-corrected chi connectivity index (χ4v) is 2.76. The SMILES string of the molecule is O=[N+]([O-])c1ccc(N/N=C(/C=C/c2cccs2)c2ccco2)c([N+](=O)[O-])c1. The molecule has 0 saturated heterocycles. The molecule has 0 unspecified atom stereocenters. The average molecular weight is 384 g/mol. The highest BCUT2D eigenvalue weighted by Crippen LogP contribution is 2.29. The maximum atomic E-state index is 11.2. The van der Waals surface area contributed by atoms with Gasteiger partial charge in [-0.1, -0.05) is 6.07 Å². The molecule has 1 aromatic carbocycles. The van der Waals surface area contributed by atoms with Gasteiger partial charge in [0.1, 0.15) is 11.4 Å². The monoisotopic (exact) mass is 384 g/mol. The lowest BCUT2D eigenvalue weighted by atomic mass is 10.2. The lowest BCUT2D eigenvalue weighted by molar-refractivity contribution is -0.393. The first-order valence-corrected chi connectivity index (χ1v) is 8.44. The Balaban J connectivity index is 1.92. The Kier molecular flexibility index (Phi) is 5.38. The molecule has 3 rings (SSSR count). The summed E-state index contributed by atoms with van der Waals surface area (Å²) in [6, 6.07) is 10.5. The molecule has 10 heteroatoms. The molecule has 2 heterocycles.